The first-order valence-electron chi connectivity index (χ1n) is 6.26. The maximum Gasteiger partial charge on any atom is 0.123 e. The minimum Gasteiger partial charge on any atom is -0.312 e. The number of hydrogen-bond acceptors (Lipinski definition) is 1. The number of halogens is 2. The molecule has 2 atom stereocenters. The van der Waals surface area contributed by atoms with E-state index in [0.717, 1.165) is 30.6 Å². The molecule has 1 aliphatic carbocycles. The van der Waals surface area contributed by atoms with Crippen molar-refractivity contribution in [2.24, 2.45) is 5.92 Å². The molecule has 1 nitrogen and oxygen atoms in total. The molecule has 1 aromatic carbocycles. The summed E-state index contributed by atoms with van der Waals surface area (Å²) in [5, 5.41) is 3.76. The Morgan fingerprint density at radius 3 is 2.88 bits per heavy atom. The van der Waals surface area contributed by atoms with Crippen molar-refractivity contribution in [1.29, 1.82) is 0 Å². The van der Waals surface area contributed by atoms with Crippen LogP contribution in [0.25, 0.3) is 0 Å². The number of aryl methyl sites for hydroxylation is 1. The van der Waals surface area contributed by atoms with Gasteiger partial charge in [0, 0.05) is 11.9 Å². The highest BCUT2D eigenvalue weighted by Crippen LogP contribution is 2.29. The van der Waals surface area contributed by atoms with Crippen molar-refractivity contribution in [3.63, 3.8) is 0 Å². The van der Waals surface area contributed by atoms with Crippen LogP contribution in [0.5, 0.6) is 0 Å². The summed E-state index contributed by atoms with van der Waals surface area (Å²) in [6, 6.07) is 4.95. The van der Waals surface area contributed by atoms with E-state index in [4.69, 9.17) is 11.6 Å². The fourth-order valence-electron chi connectivity index (χ4n) is 2.47. The molecule has 1 N–H and O–H groups in total. The van der Waals surface area contributed by atoms with Crippen molar-refractivity contribution >= 4 is 11.6 Å². The maximum absolute atomic E-state index is 12.9. The number of rotatable bonds is 4. The summed E-state index contributed by atoms with van der Waals surface area (Å²) < 4.78 is 12.9. The van der Waals surface area contributed by atoms with Gasteiger partial charge in [0.25, 0.3) is 0 Å². The van der Waals surface area contributed by atoms with Crippen LogP contribution in [0.15, 0.2) is 18.2 Å². The van der Waals surface area contributed by atoms with Crippen LogP contribution in [-0.2, 0) is 6.54 Å². The summed E-state index contributed by atoms with van der Waals surface area (Å²) in [5.41, 5.74) is 2.17. The second-order valence-corrected chi connectivity index (χ2v) is 5.47. The molecule has 0 saturated heterocycles. The first kappa shape index (κ1) is 12.8. The molecule has 94 valence electrons. The van der Waals surface area contributed by atoms with Crippen LogP contribution in [-0.4, -0.2) is 11.9 Å². The topological polar surface area (TPSA) is 12.0 Å². The van der Waals surface area contributed by atoms with Gasteiger partial charge in [-0.05, 0) is 55.5 Å². The largest absolute Gasteiger partial charge is 0.312 e. The van der Waals surface area contributed by atoms with Crippen LogP contribution < -0.4 is 5.32 Å². The molecule has 1 aromatic rings. The highest BCUT2D eigenvalue weighted by molar-refractivity contribution is 6.20. The molecule has 3 heteroatoms. The number of hydrogen-bond donors (Lipinski definition) is 1. The van der Waals surface area contributed by atoms with Gasteiger partial charge >= 0.3 is 0 Å². The molecule has 0 radical (unpaired) electrons. The summed E-state index contributed by atoms with van der Waals surface area (Å²) >= 11 is 6.22. The van der Waals surface area contributed by atoms with Gasteiger partial charge in [-0.3, -0.25) is 0 Å². The van der Waals surface area contributed by atoms with E-state index in [9.17, 15) is 4.39 Å². The third-order valence-corrected chi connectivity index (χ3v) is 4.17. The van der Waals surface area contributed by atoms with Gasteiger partial charge in [-0.2, -0.15) is 0 Å². The molecule has 0 heterocycles. The van der Waals surface area contributed by atoms with Gasteiger partial charge in [-0.15, -0.1) is 11.6 Å². The lowest BCUT2D eigenvalue weighted by Gasteiger charge is -2.15. The molecular formula is C14H19ClFN. The lowest BCUT2D eigenvalue weighted by molar-refractivity contribution is 0.493. The van der Waals surface area contributed by atoms with Crippen molar-refractivity contribution < 1.29 is 4.39 Å². The molecule has 1 aliphatic rings. The van der Waals surface area contributed by atoms with E-state index in [-0.39, 0.29) is 5.82 Å². The van der Waals surface area contributed by atoms with E-state index in [1.165, 1.54) is 18.9 Å². The Morgan fingerprint density at radius 1 is 1.41 bits per heavy atom. The molecule has 2 unspecified atom stereocenters. The van der Waals surface area contributed by atoms with Crippen molar-refractivity contribution in [2.75, 3.05) is 6.54 Å². The SMILES string of the molecule is Cc1cc(F)ccc1CNCC1CCCC1Cl. The predicted molar refractivity (Wildman–Crippen MR) is 69.8 cm³/mol. The molecule has 17 heavy (non-hydrogen) atoms. The summed E-state index contributed by atoms with van der Waals surface area (Å²) in [6.45, 7) is 3.71. The van der Waals surface area contributed by atoms with Crippen LogP contribution in [0, 0.1) is 18.7 Å². The monoisotopic (exact) mass is 255 g/mol. The molecule has 0 aliphatic heterocycles. The molecule has 1 saturated carbocycles. The summed E-state index contributed by atoms with van der Waals surface area (Å²) in [4.78, 5) is 0. The Bertz CT molecular complexity index is 380. The zero-order chi connectivity index (χ0) is 12.3. The van der Waals surface area contributed by atoms with Crippen LogP contribution in [0.3, 0.4) is 0 Å². The molecule has 0 aromatic heterocycles. The summed E-state index contributed by atoms with van der Waals surface area (Å²) in [5.74, 6) is 0.431. The normalized spacial score (nSPS) is 24.2. The van der Waals surface area contributed by atoms with Gasteiger partial charge in [0.2, 0.25) is 0 Å². The van der Waals surface area contributed by atoms with Crippen LogP contribution in [0.4, 0.5) is 4.39 Å². The van der Waals surface area contributed by atoms with Crippen LogP contribution >= 0.6 is 11.6 Å². The van der Waals surface area contributed by atoms with Crippen molar-refractivity contribution in [3.8, 4) is 0 Å². The Kier molecular flexibility index (Phi) is 4.41. The third-order valence-electron chi connectivity index (χ3n) is 3.59. The van der Waals surface area contributed by atoms with E-state index < -0.39 is 0 Å². The molecular weight excluding hydrogens is 237 g/mol. The first-order chi connectivity index (χ1) is 8.16. The standard InChI is InChI=1S/C14H19ClFN/c1-10-7-13(16)6-5-11(10)8-17-9-12-3-2-4-14(12)15/h5-7,12,14,17H,2-4,8-9H2,1H3. The molecule has 1 fully saturated rings. The van der Waals surface area contributed by atoms with Gasteiger partial charge in [0.05, 0.1) is 0 Å². The second kappa shape index (κ2) is 5.83. The quantitative estimate of drug-likeness (QED) is 0.811. The zero-order valence-electron chi connectivity index (χ0n) is 10.2. The second-order valence-electron chi connectivity index (χ2n) is 4.91. The fourth-order valence-corrected chi connectivity index (χ4v) is 2.84. The zero-order valence-corrected chi connectivity index (χ0v) is 10.9. The van der Waals surface area contributed by atoms with E-state index in [0.29, 0.717) is 11.3 Å². The highest BCUT2D eigenvalue weighted by Gasteiger charge is 2.24. The Labute approximate surface area is 107 Å². The number of benzene rings is 1. The van der Waals surface area contributed by atoms with E-state index in [1.54, 1.807) is 6.07 Å². The van der Waals surface area contributed by atoms with Gasteiger partial charge in [0.15, 0.2) is 0 Å². The minimum absolute atomic E-state index is 0.164. The first-order valence-corrected chi connectivity index (χ1v) is 6.70. The smallest absolute Gasteiger partial charge is 0.123 e. The lowest BCUT2D eigenvalue weighted by Crippen LogP contribution is -2.25. The highest BCUT2D eigenvalue weighted by atomic mass is 35.5. The predicted octanol–water partition coefficient (Wildman–Crippen LogP) is 3.63. The average Bonchev–Trinajstić information content (AvgIpc) is 2.68. The molecule has 2 rings (SSSR count). The van der Waals surface area contributed by atoms with Gasteiger partial charge < -0.3 is 5.32 Å². The minimum atomic E-state index is -0.164. The summed E-state index contributed by atoms with van der Waals surface area (Å²) in [7, 11) is 0. The molecule has 0 spiro atoms. The Hall–Kier alpha value is -0.600. The number of alkyl halides is 1. The number of nitrogens with one attached hydrogen (secondary N) is 1. The molecule has 0 bridgehead atoms. The Morgan fingerprint density at radius 2 is 2.24 bits per heavy atom. The molecule has 0 amide bonds. The van der Waals surface area contributed by atoms with Crippen LogP contribution in [0.1, 0.15) is 30.4 Å². The average molecular weight is 256 g/mol. The fraction of sp³-hybridized carbons (Fsp3) is 0.571. The summed E-state index contributed by atoms with van der Waals surface area (Å²) in [6.07, 6.45) is 3.61. The van der Waals surface area contributed by atoms with Gasteiger partial charge in [-0.25, -0.2) is 4.39 Å². The Balaban J connectivity index is 1.81. The third kappa shape index (κ3) is 3.43. The van der Waals surface area contributed by atoms with Gasteiger partial charge in [-0.1, -0.05) is 12.5 Å². The van der Waals surface area contributed by atoms with Crippen molar-refractivity contribution in [3.05, 3.63) is 35.1 Å². The van der Waals surface area contributed by atoms with Crippen molar-refractivity contribution in [1.82, 2.24) is 5.32 Å². The lowest BCUT2D eigenvalue weighted by atomic mass is 10.1. The van der Waals surface area contributed by atoms with Crippen LogP contribution in [0.2, 0.25) is 0 Å². The van der Waals surface area contributed by atoms with Crippen molar-refractivity contribution in [2.45, 2.75) is 38.1 Å². The van der Waals surface area contributed by atoms with E-state index in [1.807, 2.05) is 13.0 Å². The van der Waals surface area contributed by atoms with E-state index in [2.05, 4.69) is 5.32 Å². The maximum atomic E-state index is 12.9. The van der Waals surface area contributed by atoms with E-state index >= 15 is 0 Å². The van der Waals surface area contributed by atoms with Gasteiger partial charge in [0.1, 0.15) is 5.82 Å².